The van der Waals surface area contributed by atoms with E-state index in [9.17, 15) is 0 Å². The summed E-state index contributed by atoms with van der Waals surface area (Å²) >= 11 is 0. The molecular weight excluding hydrogens is 226 g/mol. The van der Waals surface area contributed by atoms with Gasteiger partial charge in [-0.25, -0.2) is 0 Å². The fourth-order valence-electron chi connectivity index (χ4n) is 2.40. The molecule has 0 bridgehead atoms. The molecule has 0 amide bonds. The Morgan fingerprint density at radius 2 is 2.28 bits per heavy atom. The third-order valence-electron chi connectivity index (χ3n) is 3.52. The number of fused-ring (bicyclic) bond motifs is 1. The second-order valence-corrected chi connectivity index (χ2v) is 5.11. The first-order valence-electron chi connectivity index (χ1n) is 6.87. The van der Waals surface area contributed by atoms with E-state index in [-0.39, 0.29) is 6.61 Å². The van der Waals surface area contributed by atoms with Gasteiger partial charge in [-0.1, -0.05) is 25.1 Å². The molecule has 2 rings (SSSR count). The van der Waals surface area contributed by atoms with Crippen molar-refractivity contribution >= 4 is 0 Å². The number of benzene rings is 1. The summed E-state index contributed by atoms with van der Waals surface area (Å²) in [4.78, 5) is 0. The average Bonchev–Trinajstić information content (AvgIpc) is 2.59. The molecular formula is C15H23NO2. The lowest BCUT2D eigenvalue weighted by molar-refractivity contribution is 0.257. The molecule has 0 saturated carbocycles. The Hall–Kier alpha value is -1.06. The largest absolute Gasteiger partial charge is 0.493 e. The van der Waals surface area contributed by atoms with Gasteiger partial charge in [0.15, 0.2) is 0 Å². The van der Waals surface area contributed by atoms with E-state index in [4.69, 9.17) is 9.84 Å². The van der Waals surface area contributed by atoms with Crippen LogP contribution in [0, 0.1) is 5.92 Å². The molecule has 0 radical (unpaired) electrons. The quantitative estimate of drug-likeness (QED) is 0.842. The van der Waals surface area contributed by atoms with Gasteiger partial charge in [0.05, 0.1) is 6.61 Å². The SMILES string of the molecule is CC(CCO)CNC1CCCOc2ccccc21. The van der Waals surface area contributed by atoms with Gasteiger partial charge in [0.2, 0.25) is 0 Å². The van der Waals surface area contributed by atoms with Crippen LogP contribution in [0.4, 0.5) is 0 Å². The number of ether oxygens (including phenoxy) is 1. The van der Waals surface area contributed by atoms with E-state index < -0.39 is 0 Å². The Labute approximate surface area is 109 Å². The molecule has 1 aromatic carbocycles. The number of nitrogens with one attached hydrogen (secondary N) is 1. The lowest BCUT2D eigenvalue weighted by Crippen LogP contribution is -2.26. The Bertz CT molecular complexity index is 367. The summed E-state index contributed by atoms with van der Waals surface area (Å²) in [5, 5.41) is 12.5. The maximum atomic E-state index is 8.93. The Kier molecular flexibility index (Phi) is 5.02. The summed E-state index contributed by atoms with van der Waals surface area (Å²) in [5.41, 5.74) is 1.27. The maximum Gasteiger partial charge on any atom is 0.124 e. The molecule has 3 nitrogen and oxygen atoms in total. The van der Waals surface area contributed by atoms with Gasteiger partial charge < -0.3 is 15.2 Å². The molecule has 1 aromatic rings. The minimum absolute atomic E-state index is 0.271. The predicted molar refractivity (Wildman–Crippen MR) is 72.8 cm³/mol. The van der Waals surface area contributed by atoms with Crippen LogP contribution < -0.4 is 10.1 Å². The molecule has 0 fully saturated rings. The second-order valence-electron chi connectivity index (χ2n) is 5.11. The zero-order chi connectivity index (χ0) is 12.8. The minimum Gasteiger partial charge on any atom is -0.493 e. The van der Waals surface area contributed by atoms with Gasteiger partial charge in [-0.3, -0.25) is 0 Å². The standard InChI is InChI=1S/C15H23NO2/c1-12(8-9-17)11-16-14-6-4-10-18-15-7-3-2-5-13(14)15/h2-3,5,7,12,14,16-17H,4,6,8-11H2,1H3. The van der Waals surface area contributed by atoms with Gasteiger partial charge in [0, 0.05) is 18.2 Å². The fourth-order valence-corrected chi connectivity index (χ4v) is 2.40. The Balaban J connectivity index is 1.99. The van der Waals surface area contributed by atoms with Crippen molar-refractivity contribution in [2.24, 2.45) is 5.92 Å². The van der Waals surface area contributed by atoms with Gasteiger partial charge in [-0.2, -0.15) is 0 Å². The van der Waals surface area contributed by atoms with E-state index in [2.05, 4.69) is 24.4 Å². The van der Waals surface area contributed by atoms with Crippen LogP contribution in [0.2, 0.25) is 0 Å². The molecule has 0 saturated heterocycles. The monoisotopic (exact) mass is 249 g/mol. The van der Waals surface area contributed by atoms with Crippen LogP contribution in [0.3, 0.4) is 0 Å². The Morgan fingerprint density at radius 3 is 3.11 bits per heavy atom. The molecule has 2 unspecified atom stereocenters. The first kappa shape index (κ1) is 13.4. The van der Waals surface area contributed by atoms with Gasteiger partial charge in [-0.05, 0) is 37.8 Å². The first-order valence-corrected chi connectivity index (χ1v) is 6.87. The van der Waals surface area contributed by atoms with Crippen molar-refractivity contribution in [1.29, 1.82) is 0 Å². The highest BCUT2D eigenvalue weighted by molar-refractivity contribution is 5.36. The molecule has 0 aliphatic carbocycles. The van der Waals surface area contributed by atoms with Crippen molar-refractivity contribution in [3.8, 4) is 5.75 Å². The fraction of sp³-hybridized carbons (Fsp3) is 0.600. The van der Waals surface area contributed by atoms with Crippen molar-refractivity contribution in [2.45, 2.75) is 32.2 Å². The molecule has 3 heteroatoms. The molecule has 2 N–H and O–H groups in total. The van der Waals surface area contributed by atoms with Crippen molar-refractivity contribution in [3.05, 3.63) is 29.8 Å². The zero-order valence-electron chi connectivity index (χ0n) is 11.1. The topological polar surface area (TPSA) is 41.5 Å². The molecule has 0 aromatic heterocycles. The van der Waals surface area contributed by atoms with E-state index in [0.29, 0.717) is 12.0 Å². The summed E-state index contributed by atoms with van der Waals surface area (Å²) in [5.74, 6) is 1.52. The molecule has 1 aliphatic heterocycles. The molecule has 1 aliphatic rings. The van der Waals surface area contributed by atoms with E-state index >= 15 is 0 Å². The van der Waals surface area contributed by atoms with Gasteiger partial charge >= 0.3 is 0 Å². The maximum absolute atomic E-state index is 8.93. The van der Waals surface area contributed by atoms with Crippen molar-refractivity contribution < 1.29 is 9.84 Å². The summed E-state index contributed by atoms with van der Waals surface area (Å²) < 4.78 is 5.75. The lowest BCUT2D eigenvalue weighted by Gasteiger charge is -2.20. The predicted octanol–water partition coefficient (Wildman–Crippen LogP) is 2.51. The normalized spacial score (nSPS) is 20.7. The lowest BCUT2D eigenvalue weighted by atomic mass is 10.0. The van der Waals surface area contributed by atoms with Crippen molar-refractivity contribution in [3.63, 3.8) is 0 Å². The number of hydrogen-bond donors (Lipinski definition) is 2. The summed E-state index contributed by atoms with van der Waals surface area (Å²) in [6, 6.07) is 8.67. The van der Waals surface area contributed by atoms with E-state index in [1.54, 1.807) is 0 Å². The third-order valence-corrected chi connectivity index (χ3v) is 3.52. The van der Waals surface area contributed by atoms with Crippen LogP contribution >= 0.6 is 0 Å². The van der Waals surface area contributed by atoms with Crippen LogP contribution in [-0.2, 0) is 0 Å². The summed E-state index contributed by atoms with van der Waals surface area (Å²) in [6.07, 6.45) is 3.06. The average molecular weight is 249 g/mol. The van der Waals surface area contributed by atoms with Crippen LogP contribution in [-0.4, -0.2) is 24.9 Å². The Morgan fingerprint density at radius 1 is 1.44 bits per heavy atom. The second kappa shape index (κ2) is 6.76. The number of para-hydroxylation sites is 1. The van der Waals surface area contributed by atoms with Crippen molar-refractivity contribution in [1.82, 2.24) is 5.32 Å². The number of aliphatic hydroxyl groups is 1. The van der Waals surface area contributed by atoms with Crippen LogP contribution in [0.25, 0.3) is 0 Å². The first-order chi connectivity index (χ1) is 8.81. The van der Waals surface area contributed by atoms with Gasteiger partial charge in [-0.15, -0.1) is 0 Å². The summed E-state index contributed by atoms with van der Waals surface area (Å²) in [7, 11) is 0. The summed E-state index contributed by atoms with van der Waals surface area (Å²) in [6.45, 7) is 4.19. The van der Waals surface area contributed by atoms with Crippen LogP contribution in [0.1, 0.15) is 37.8 Å². The van der Waals surface area contributed by atoms with Crippen LogP contribution in [0.15, 0.2) is 24.3 Å². The molecule has 0 spiro atoms. The molecule has 100 valence electrons. The van der Waals surface area contributed by atoms with Crippen LogP contribution in [0.5, 0.6) is 5.75 Å². The van der Waals surface area contributed by atoms with E-state index in [1.807, 2.05) is 12.1 Å². The van der Waals surface area contributed by atoms with Gasteiger partial charge in [0.25, 0.3) is 0 Å². The number of aliphatic hydroxyl groups excluding tert-OH is 1. The zero-order valence-corrected chi connectivity index (χ0v) is 11.1. The number of rotatable bonds is 5. The van der Waals surface area contributed by atoms with Gasteiger partial charge in [0.1, 0.15) is 5.75 Å². The minimum atomic E-state index is 0.271. The smallest absolute Gasteiger partial charge is 0.124 e. The van der Waals surface area contributed by atoms with E-state index in [0.717, 1.165) is 38.2 Å². The highest BCUT2D eigenvalue weighted by Crippen LogP contribution is 2.31. The van der Waals surface area contributed by atoms with Crippen molar-refractivity contribution in [2.75, 3.05) is 19.8 Å². The molecule has 2 atom stereocenters. The highest BCUT2D eigenvalue weighted by atomic mass is 16.5. The third kappa shape index (κ3) is 3.47. The molecule has 1 heterocycles. The number of hydrogen-bond acceptors (Lipinski definition) is 3. The highest BCUT2D eigenvalue weighted by Gasteiger charge is 2.19. The molecule has 18 heavy (non-hydrogen) atoms. The van der Waals surface area contributed by atoms with E-state index in [1.165, 1.54) is 5.56 Å².